The van der Waals surface area contributed by atoms with Gasteiger partial charge in [-0.1, -0.05) is 36.4 Å². The topological polar surface area (TPSA) is 79.7 Å². The van der Waals surface area contributed by atoms with Gasteiger partial charge in [0.25, 0.3) is 5.91 Å². The number of ether oxygens (including phenoxy) is 1. The lowest BCUT2D eigenvalue weighted by atomic mass is 9.94. The summed E-state index contributed by atoms with van der Waals surface area (Å²) in [5.41, 5.74) is 1.16. The minimum absolute atomic E-state index is 0.0899. The zero-order valence-electron chi connectivity index (χ0n) is 19.4. The van der Waals surface area contributed by atoms with Gasteiger partial charge in [0.15, 0.2) is 5.76 Å². The van der Waals surface area contributed by atoms with E-state index in [9.17, 15) is 19.1 Å². The van der Waals surface area contributed by atoms with E-state index in [1.807, 2.05) is 18.2 Å². The number of hydrogen-bond acceptors (Lipinski definition) is 6. The number of rotatable bonds is 6. The summed E-state index contributed by atoms with van der Waals surface area (Å²) in [6.07, 6.45) is 0. The SMILES string of the molecule is Cc1nc(C)c(C(=O)C2=C(O)C(=O)N(c3cccc(F)c3)C2c2cccc(Oc3ccccc3)c2)s1. The van der Waals surface area contributed by atoms with Crippen LogP contribution in [0.4, 0.5) is 10.1 Å². The molecule has 8 heteroatoms. The Morgan fingerprint density at radius 1 is 1.00 bits per heavy atom. The van der Waals surface area contributed by atoms with Crippen molar-refractivity contribution in [2.45, 2.75) is 19.9 Å². The van der Waals surface area contributed by atoms with Gasteiger partial charge in [0, 0.05) is 5.69 Å². The Bertz CT molecular complexity index is 1510. The van der Waals surface area contributed by atoms with Gasteiger partial charge in [-0.2, -0.15) is 0 Å². The number of amides is 1. The number of ketones is 1. The van der Waals surface area contributed by atoms with Crippen LogP contribution in [0.25, 0.3) is 0 Å². The summed E-state index contributed by atoms with van der Waals surface area (Å²) in [4.78, 5) is 32.9. The Kier molecular flexibility index (Phi) is 6.12. The van der Waals surface area contributed by atoms with Crippen molar-refractivity contribution in [3.8, 4) is 11.5 Å². The molecule has 1 aliphatic heterocycles. The number of aliphatic hydroxyl groups is 1. The minimum Gasteiger partial charge on any atom is -0.503 e. The Morgan fingerprint density at radius 3 is 2.42 bits per heavy atom. The van der Waals surface area contributed by atoms with Gasteiger partial charge >= 0.3 is 0 Å². The van der Waals surface area contributed by atoms with Crippen LogP contribution in [-0.4, -0.2) is 21.8 Å². The summed E-state index contributed by atoms with van der Waals surface area (Å²) in [6, 6.07) is 20.6. The smallest absolute Gasteiger partial charge is 0.294 e. The highest BCUT2D eigenvalue weighted by atomic mass is 32.1. The largest absolute Gasteiger partial charge is 0.503 e. The lowest BCUT2D eigenvalue weighted by molar-refractivity contribution is -0.117. The summed E-state index contributed by atoms with van der Waals surface area (Å²) in [7, 11) is 0. The maximum Gasteiger partial charge on any atom is 0.294 e. The molecule has 0 saturated carbocycles. The number of aliphatic hydroxyl groups excluding tert-OH is 1. The van der Waals surface area contributed by atoms with E-state index in [-0.39, 0.29) is 11.3 Å². The average Bonchev–Trinajstić information content (AvgIpc) is 3.34. The van der Waals surface area contributed by atoms with Gasteiger partial charge in [0.05, 0.1) is 27.2 Å². The van der Waals surface area contributed by atoms with Gasteiger partial charge in [-0.05, 0) is 61.9 Å². The molecule has 0 bridgehead atoms. The lowest BCUT2D eigenvalue weighted by Crippen LogP contribution is -2.31. The molecule has 1 atom stereocenters. The first kappa shape index (κ1) is 23.4. The minimum atomic E-state index is -1.01. The van der Waals surface area contributed by atoms with E-state index in [1.54, 1.807) is 56.3 Å². The molecule has 3 aromatic carbocycles. The van der Waals surface area contributed by atoms with Crippen molar-refractivity contribution in [2.24, 2.45) is 0 Å². The molecule has 1 aliphatic rings. The summed E-state index contributed by atoms with van der Waals surface area (Å²) in [6.45, 7) is 3.49. The summed E-state index contributed by atoms with van der Waals surface area (Å²) in [5.74, 6) is -1.41. The highest BCUT2D eigenvalue weighted by Gasteiger charge is 2.45. The fourth-order valence-corrected chi connectivity index (χ4v) is 5.16. The van der Waals surface area contributed by atoms with E-state index in [0.717, 1.165) is 0 Å². The third-order valence-corrected chi connectivity index (χ3v) is 6.87. The fourth-order valence-electron chi connectivity index (χ4n) is 4.28. The van der Waals surface area contributed by atoms with Crippen LogP contribution in [-0.2, 0) is 4.79 Å². The van der Waals surface area contributed by atoms with Gasteiger partial charge in [0.2, 0.25) is 5.78 Å². The normalized spacial score (nSPS) is 15.5. The molecule has 180 valence electrons. The first-order chi connectivity index (χ1) is 17.3. The zero-order valence-corrected chi connectivity index (χ0v) is 20.3. The first-order valence-electron chi connectivity index (χ1n) is 11.2. The van der Waals surface area contributed by atoms with Crippen LogP contribution in [0.3, 0.4) is 0 Å². The molecule has 0 radical (unpaired) electrons. The number of anilines is 1. The van der Waals surface area contributed by atoms with E-state index in [1.165, 1.54) is 34.4 Å². The van der Waals surface area contributed by atoms with Crippen molar-refractivity contribution in [3.63, 3.8) is 0 Å². The van der Waals surface area contributed by atoms with Crippen molar-refractivity contribution in [1.29, 1.82) is 0 Å². The van der Waals surface area contributed by atoms with Gasteiger partial charge in [-0.3, -0.25) is 14.5 Å². The molecule has 0 saturated heterocycles. The number of hydrogen-bond donors (Lipinski definition) is 1. The maximum absolute atomic E-state index is 14.1. The number of nitrogens with zero attached hydrogens (tertiary/aromatic N) is 2. The summed E-state index contributed by atoms with van der Waals surface area (Å²) < 4.78 is 20.1. The molecule has 1 amide bonds. The molecule has 6 nitrogen and oxygen atoms in total. The van der Waals surface area contributed by atoms with Crippen LogP contribution in [0.1, 0.15) is 32.0 Å². The summed E-state index contributed by atoms with van der Waals surface area (Å²) >= 11 is 1.19. The molecule has 2 heterocycles. The highest BCUT2D eigenvalue weighted by Crippen LogP contribution is 2.43. The number of carbonyl (C=O) groups is 2. The quantitative estimate of drug-likeness (QED) is 0.307. The second kappa shape index (κ2) is 9.39. The number of para-hydroxylation sites is 1. The summed E-state index contributed by atoms with van der Waals surface area (Å²) in [5, 5.41) is 11.6. The Balaban J connectivity index is 1.64. The Labute approximate surface area is 210 Å². The van der Waals surface area contributed by atoms with Gasteiger partial charge in [-0.25, -0.2) is 9.37 Å². The van der Waals surface area contributed by atoms with E-state index >= 15 is 0 Å². The number of thiazole rings is 1. The predicted molar refractivity (Wildman–Crippen MR) is 135 cm³/mol. The molecular formula is C28H21FN2O4S. The second-order valence-corrected chi connectivity index (χ2v) is 9.49. The molecule has 1 aromatic heterocycles. The highest BCUT2D eigenvalue weighted by molar-refractivity contribution is 7.14. The van der Waals surface area contributed by atoms with Crippen molar-refractivity contribution in [3.05, 3.63) is 117 Å². The van der Waals surface area contributed by atoms with Crippen LogP contribution >= 0.6 is 11.3 Å². The molecule has 5 rings (SSSR count). The predicted octanol–water partition coefficient (Wildman–Crippen LogP) is 6.47. The third-order valence-electron chi connectivity index (χ3n) is 5.80. The number of aromatic nitrogens is 1. The van der Waals surface area contributed by atoms with Gasteiger partial charge in [0.1, 0.15) is 17.3 Å². The molecular weight excluding hydrogens is 479 g/mol. The van der Waals surface area contributed by atoms with E-state index < -0.39 is 29.3 Å². The molecule has 0 aliphatic carbocycles. The zero-order chi connectivity index (χ0) is 25.4. The van der Waals surface area contributed by atoms with Gasteiger partial charge in [-0.15, -0.1) is 11.3 Å². The van der Waals surface area contributed by atoms with Crippen molar-refractivity contribution < 1.29 is 23.8 Å². The molecule has 1 N–H and O–H groups in total. The van der Waals surface area contributed by atoms with Crippen molar-refractivity contribution in [1.82, 2.24) is 4.98 Å². The average molecular weight is 501 g/mol. The van der Waals surface area contributed by atoms with Crippen molar-refractivity contribution >= 4 is 28.7 Å². The molecule has 0 fully saturated rings. The molecule has 0 spiro atoms. The van der Waals surface area contributed by atoms with E-state index in [4.69, 9.17) is 4.74 Å². The monoisotopic (exact) mass is 500 g/mol. The van der Waals surface area contributed by atoms with Crippen LogP contribution in [0.15, 0.2) is 90.2 Å². The van der Waals surface area contributed by atoms with Crippen LogP contribution < -0.4 is 9.64 Å². The number of benzene rings is 3. The van der Waals surface area contributed by atoms with Crippen LogP contribution in [0, 0.1) is 19.7 Å². The lowest BCUT2D eigenvalue weighted by Gasteiger charge is -2.27. The number of halogens is 1. The molecule has 4 aromatic rings. The maximum atomic E-state index is 14.1. The second-order valence-electron chi connectivity index (χ2n) is 8.28. The van der Waals surface area contributed by atoms with Crippen LogP contribution in [0.5, 0.6) is 11.5 Å². The number of aryl methyl sites for hydroxylation is 2. The fraction of sp³-hybridized carbons (Fsp3) is 0.107. The van der Waals surface area contributed by atoms with E-state index in [2.05, 4.69) is 4.98 Å². The number of Topliss-reactive ketones (excluding diaryl/α,β-unsaturated/α-hetero) is 1. The first-order valence-corrected chi connectivity index (χ1v) is 12.0. The molecule has 1 unspecified atom stereocenters. The standard InChI is InChI=1S/C28H21FN2O4S/c1-16-27(36-17(2)30-16)25(32)23-24(31(28(34)26(23)33)20-10-7-9-19(29)15-20)18-8-6-13-22(14-18)35-21-11-4-3-5-12-21/h3-15,24,33H,1-2H3. The Morgan fingerprint density at radius 2 is 1.72 bits per heavy atom. The van der Waals surface area contributed by atoms with Crippen molar-refractivity contribution in [2.75, 3.05) is 4.90 Å². The third kappa shape index (κ3) is 4.27. The number of carbonyl (C=O) groups excluding carboxylic acids is 2. The van der Waals surface area contributed by atoms with Gasteiger partial charge < -0.3 is 9.84 Å². The molecule has 36 heavy (non-hydrogen) atoms. The van der Waals surface area contributed by atoms with Crippen LogP contribution in [0.2, 0.25) is 0 Å². The Hall–Kier alpha value is -4.30. The van der Waals surface area contributed by atoms with E-state index in [0.29, 0.717) is 32.6 Å².